The van der Waals surface area contributed by atoms with Gasteiger partial charge in [0.25, 0.3) is 0 Å². The van der Waals surface area contributed by atoms with E-state index in [-0.39, 0.29) is 18.5 Å². The van der Waals surface area contributed by atoms with E-state index in [9.17, 15) is 9.59 Å². The highest BCUT2D eigenvalue weighted by Gasteiger charge is 2.15. The van der Waals surface area contributed by atoms with Gasteiger partial charge in [0.15, 0.2) is 0 Å². The molecule has 0 aromatic rings. The average molecular weight is 627 g/mol. The van der Waals surface area contributed by atoms with E-state index in [0.29, 0.717) is 18.6 Å². The summed E-state index contributed by atoms with van der Waals surface area (Å²) in [6.07, 6.45) is 35.3. The standard InChI is InChI=1S/C38H74O4S/c1-4-6-8-10-12-13-14-15-16-17-18-23-27-31-37(39)41-33-36(34-43)42-38(40)32-28-24-20-19-22-26-30-35(3)29-25-21-11-9-7-5-2/h35-36,43H,4-34H2,1-3H3/t35-,36+/m0/s1. The molecule has 0 aliphatic heterocycles. The minimum absolute atomic E-state index is 0.115. The van der Waals surface area contributed by atoms with Gasteiger partial charge in [-0.2, -0.15) is 12.6 Å². The van der Waals surface area contributed by atoms with Crippen molar-refractivity contribution in [2.45, 2.75) is 213 Å². The Hall–Kier alpha value is -0.710. The first kappa shape index (κ1) is 42.3. The van der Waals surface area contributed by atoms with Crippen LogP contribution in [0.2, 0.25) is 0 Å². The molecule has 0 saturated carbocycles. The Bertz CT molecular complexity index is 596. The average Bonchev–Trinajstić information content (AvgIpc) is 3.00. The second kappa shape index (κ2) is 34.2. The molecule has 0 bridgehead atoms. The van der Waals surface area contributed by atoms with Gasteiger partial charge in [0, 0.05) is 18.6 Å². The molecule has 5 heteroatoms. The van der Waals surface area contributed by atoms with Crippen molar-refractivity contribution >= 4 is 24.6 Å². The number of carbonyl (C=O) groups excluding carboxylic acids is 2. The van der Waals surface area contributed by atoms with Gasteiger partial charge in [-0.25, -0.2) is 0 Å². The fourth-order valence-corrected chi connectivity index (χ4v) is 5.98. The zero-order valence-electron chi connectivity index (χ0n) is 29.2. The molecular weight excluding hydrogens is 552 g/mol. The quantitative estimate of drug-likeness (QED) is 0.0438. The van der Waals surface area contributed by atoms with E-state index in [0.717, 1.165) is 31.6 Å². The first-order chi connectivity index (χ1) is 21.0. The maximum Gasteiger partial charge on any atom is 0.306 e. The summed E-state index contributed by atoms with van der Waals surface area (Å²) < 4.78 is 10.9. The van der Waals surface area contributed by atoms with E-state index < -0.39 is 6.10 Å². The van der Waals surface area contributed by atoms with Crippen LogP contribution in [-0.2, 0) is 19.1 Å². The number of rotatable bonds is 34. The van der Waals surface area contributed by atoms with Crippen molar-refractivity contribution in [3.63, 3.8) is 0 Å². The second-order valence-corrected chi connectivity index (χ2v) is 13.7. The third kappa shape index (κ3) is 32.5. The smallest absolute Gasteiger partial charge is 0.306 e. The Labute approximate surface area is 274 Å². The molecule has 0 N–H and O–H groups in total. The summed E-state index contributed by atoms with van der Waals surface area (Å²) in [7, 11) is 0. The Morgan fingerprint density at radius 1 is 0.512 bits per heavy atom. The molecule has 0 saturated heterocycles. The summed E-state index contributed by atoms with van der Waals surface area (Å²) in [5.74, 6) is 0.840. The van der Waals surface area contributed by atoms with Gasteiger partial charge in [-0.15, -0.1) is 0 Å². The fourth-order valence-electron chi connectivity index (χ4n) is 5.80. The highest BCUT2D eigenvalue weighted by atomic mass is 32.1. The Morgan fingerprint density at radius 2 is 0.860 bits per heavy atom. The zero-order valence-corrected chi connectivity index (χ0v) is 30.0. The molecule has 0 radical (unpaired) electrons. The van der Waals surface area contributed by atoms with Crippen LogP contribution >= 0.6 is 12.6 Å². The van der Waals surface area contributed by atoms with E-state index in [1.54, 1.807) is 0 Å². The van der Waals surface area contributed by atoms with E-state index in [1.807, 2.05) is 0 Å². The van der Waals surface area contributed by atoms with Crippen LogP contribution in [0, 0.1) is 5.92 Å². The summed E-state index contributed by atoms with van der Waals surface area (Å²) in [6.45, 7) is 7.07. The molecular formula is C38H74O4S. The molecule has 2 atom stereocenters. The maximum absolute atomic E-state index is 12.2. The maximum atomic E-state index is 12.2. The van der Waals surface area contributed by atoms with Gasteiger partial charge in [-0.3, -0.25) is 9.59 Å². The van der Waals surface area contributed by atoms with Crippen LogP contribution in [0.5, 0.6) is 0 Å². The number of hydrogen-bond acceptors (Lipinski definition) is 5. The second-order valence-electron chi connectivity index (χ2n) is 13.3. The normalized spacial score (nSPS) is 12.7. The molecule has 0 heterocycles. The lowest BCUT2D eigenvalue weighted by Crippen LogP contribution is -2.26. The summed E-state index contributed by atoms with van der Waals surface area (Å²) in [6, 6.07) is 0. The highest BCUT2D eigenvalue weighted by molar-refractivity contribution is 7.80. The van der Waals surface area contributed by atoms with Crippen molar-refractivity contribution in [1.82, 2.24) is 0 Å². The Morgan fingerprint density at radius 3 is 1.26 bits per heavy atom. The molecule has 0 fully saturated rings. The summed E-state index contributed by atoms with van der Waals surface area (Å²) in [5, 5.41) is 0. The Kier molecular flexibility index (Phi) is 33.6. The van der Waals surface area contributed by atoms with Crippen LogP contribution in [0.3, 0.4) is 0 Å². The highest BCUT2D eigenvalue weighted by Crippen LogP contribution is 2.19. The van der Waals surface area contributed by atoms with Gasteiger partial charge in [0.1, 0.15) is 12.7 Å². The number of hydrogen-bond donors (Lipinski definition) is 1. The van der Waals surface area contributed by atoms with Gasteiger partial charge in [-0.05, 0) is 18.8 Å². The zero-order chi connectivity index (χ0) is 31.6. The largest absolute Gasteiger partial charge is 0.462 e. The number of esters is 2. The molecule has 43 heavy (non-hydrogen) atoms. The number of unbranched alkanes of at least 4 members (excludes halogenated alkanes) is 22. The minimum Gasteiger partial charge on any atom is -0.462 e. The van der Waals surface area contributed by atoms with Gasteiger partial charge >= 0.3 is 11.9 Å². The van der Waals surface area contributed by atoms with Crippen molar-refractivity contribution in [2.24, 2.45) is 5.92 Å². The lowest BCUT2D eigenvalue weighted by atomic mass is 9.96. The predicted molar refractivity (Wildman–Crippen MR) is 189 cm³/mol. The molecule has 256 valence electrons. The monoisotopic (exact) mass is 627 g/mol. The Balaban J connectivity index is 3.58. The molecule has 0 amide bonds. The molecule has 4 nitrogen and oxygen atoms in total. The molecule has 0 unspecified atom stereocenters. The van der Waals surface area contributed by atoms with E-state index in [2.05, 4.69) is 33.4 Å². The van der Waals surface area contributed by atoms with Crippen molar-refractivity contribution < 1.29 is 19.1 Å². The number of thiol groups is 1. The first-order valence-electron chi connectivity index (χ1n) is 19.0. The minimum atomic E-state index is -0.454. The summed E-state index contributed by atoms with van der Waals surface area (Å²) in [4.78, 5) is 24.3. The van der Waals surface area contributed by atoms with E-state index in [1.165, 1.54) is 148 Å². The molecule has 0 aromatic heterocycles. The molecule has 0 rings (SSSR count). The topological polar surface area (TPSA) is 52.6 Å². The van der Waals surface area contributed by atoms with Crippen molar-refractivity contribution in [3.05, 3.63) is 0 Å². The van der Waals surface area contributed by atoms with Crippen LogP contribution in [0.25, 0.3) is 0 Å². The van der Waals surface area contributed by atoms with Crippen molar-refractivity contribution in [1.29, 1.82) is 0 Å². The van der Waals surface area contributed by atoms with E-state index in [4.69, 9.17) is 9.47 Å². The summed E-state index contributed by atoms with van der Waals surface area (Å²) >= 11 is 4.29. The molecule has 0 aliphatic rings. The number of carbonyl (C=O) groups is 2. The van der Waals surface area contributed by atoms with Crippen LogP contribution in [0.4, 0.5) is 0 Å². The SMILES string of the molecule is CCCCCCCCCCCCCCCC(=O)OC[C@H](CS)OC(=O)CCCCCCCC[C@@H](C)CCCCCCCC. The molecule has 0 aliphatic carbocycles. The third-order valence-corrected chi connectivity index (χ3v) is 9.20. The van der Waals surface area contributed by atoms with Gasteiger partial charge < -0.3 is 9.47 Å². The lowest BCUT2D eigenvalue weighted by Gasteiger charge is -2.16. The van der Waals surface area contributed by atoms with Gasteiger partial charge in [-0.1, -0.05) is 181 Å². The number of ether oxygens (including phenoxy) is 2. The van der Waals surface area contributed by atoms with Gasteiger partial charge in [0.05, 0.1) is 0 Å². The molecule has 0 aromatic carbocycles. The fraction of sp³-hybridized carbons (Fsp3) is 0.947. The lowest BCUT2D eigenvalue weighted by molar-refractivity contribution is -0.157. The summed E-state index contributed by atoms with van der Waals surface area (Å²) in [5.41, 5.74) is 0. The first-order valence-corrected chi connectivity index (χ1v) is 19.6. The predicted octanol–water partition coefficient (Wildman–Crippen LogP) is 12.4. The van der Waals surface area contributed by atoms with Crippen LogP contribution in [-0.4, -0.2) is 30.4 Å². The van der Waals surface area contributed by atoms with Crippen LogP contribution in [0.1, 0.15) is 207 Å². The van der Waals surface area contributed by atoms with E-state index >= 15 is 0 Å². The van der Waals surface area contributed by atoms with Crippen LogP contribution in [0.15, 0.2) is 0 Å². The third-order valence-electron chi connectivity index (χ3n) is 8.79. The van der Waals surface area contributed by atoms with Crippen molar-refractivity contribution in [3.8, 4) is 0 Å². The van der Waals surface area contributed by atoms with Crippen molar-refractivity contribution in [2.75, 3.05) is 12.4 Å². The van der Waals surface area contributed by atoms with Gasteiger partial charge in [0.2, 0.25) is 0 Å². The molecule has 0 spiro atoms. The van der Waals surface area contributed by atoms with Crippen LogP contribution < -0.4 is 0 Å².